The van der Waals surface area contributed by atoms with E-state index in [-0.39, 0.29) is 12.3 Å². The minimum absolute atomic E-state index is 0.0971. The lowest BCUT2D eigenvalue weighted by atomic mass is 9.73. The Morgan fingerprint density at radius 1 is 1.19 bits per heavy atom. The van der Waals surface area contributed by atoms with Gasteiger partial charge in [0.05, 0.1) is 0 Å². The van der Waals surface area contributed by atoms with E-state index < -0.39 is 35.0 Å². The molecule has 7 heteroatoms. The van der Waals surface area contributed by atoms with Crippen molar-refractivity contribution in [2.45, 2.75) is 13.0 Å². The SMILES string of the molecule is CC(=O)OC1c2ccccc2OCC12C(=O)N=C(c1ccc(F)cc1)C2=O. The van der Waals surface area contributed by atoms with Crippen molar-refractivity contribution in [1.82, 2.24) is 0 Å². The van der Waals surface area contributed by atoms with Crippen LogP contribution in [0, 0.1) is 11.2 Å². The van der Waals surface area contributed by atoms with Crippen molar-refractivity contribution in [3.8, 4) is 5.75 Å². The van der Waals surface area contributed by atoms with Gasteiger partial charge in [0, 0.05) is 18.1 Å². The molecule has 0 aliphatic carbocycles. The summed E-state index contributed by atoms with van der Waals surface area (Å²) in [5, 5.41) is 0. The third-order valence-corrected chi connectivity index (χ3v) is 4.72. The zero-order valence-corrected chi connectivity index (χ0v) is 14.3. The van der Waals surface area contributed by atoms with Crippen LogP contribution in [0.5, 0.6) is 5.75 Å². The third-order valence-electron chi connectivity index (χ3n) is 4.72. The number of amides is 1. The summed E-state index contributed by atoms with van der Waals surface area (Å²) >= 11 is 0. The van der Waals surface area contributed by atoms with E-state index in [4.69, 9.17) is 9.47 Å². The number of ether oxygens (including phenoxy) is 2. The zero-order valence-electron chi connectivity index (χ0n) is 14.3. The van der Waals surface area contributed by atoms with Gasteiger partial charge >= 0.3 is 5.97 Å². The molecule has 27 heavy (non-hydrogen) atoms. The van der Waals surface area contributed by atoms with E-state index in [9.17, 15) is 18.8 Å². The number of esters is 1. The molecule has 0 fully saturated rings. The standard InChI is InChI=1S/C20H14FNO5/c1-11(23)27-18-14-4-2-3-5-15(14)26-10-20(18)17(24)16(22-19(20)25)12-6-8-13(21)9-7-12/h2-9,18H,10H2,1H3. The lowest BCUT2D eigenvalue weighted by molar-refractivity contribution is -0.165. The van der Waals surface area contributed by atoms with Gasteiger partial charge in [0.25, 0.3) is 5.91 Å². The van der Waals surface area contributed by atoms with Crippen molar-refractivity contribution >= 4 is 23.4 Å². The van der Waals surface area contributed by atoms with Crippen LogP contribution in [0.2, 0.25) is 0 Å². The summed E-state index contributed by atoms with van der Waals surface area (Å²) < 4.78 is 24.3. The summed E-state index contributed by atoms with van der Waals surface area (Å²) in [4.78, 5) is 41.7. The van der Waals surface area contributed by atoms with Gasteiger partial charge in [-0.2, -0.15) is 0 Å². The molecule has 136 valence electrons. The molecule has 0 saturated heterocycles. The summed E-state index contributed by atoms with van der Waals surface area (Å²) in [5.74, 6) is -2.02. The normalized spacial score (nSPS) is 23.6. The Bertz CT molecular complexity index is 998. The van der Waals surface area contributed by atoms with Crippen molar-refractivity contribution in [3.63, 3.8) is 0 Å². The average molecular weight is 367 g/mol. The van der Waals surface area contributed by atoms with E-state index in [0.717, 1.165) is 0 Å². The molecule has 2 aliphatic heterocycles. The number of benzene rings is 2. The fraction of sp³-hybridized carbons (Fsp3) is 0.200. The molecule has 4 rings (SSSR count). The first-order valence-corrected chi connectivity index (χ1v) is 8.26. The number of aliphatic imine (C=N–C) groups is 1. The van der Waals surface area contributed by atoms with Crippen LogP contribution in [0.15, 0.2) is 53.5 Å². The monoisotopic (exact) mass is 367 g/mol. The number of hydrogen-bond acceptors (Lipinski definition) is 5. The highest BCUT2D eigenvalue weighted by molar-refractivity contribution is 6.56. The molecule has 1 amide bonds. The molecule has 2 heterocycles. The zero-order chi connectivity index (χ0) is 19.2. The number of ketones is 1. The highest BCUT2D eigenvalue weighted by Gasteiger charge is 2.62. The van der Waals surface area contributed by atoms with Gasteiger partial charge in [0.2, 0.25) is 5.78 Å². The van der Waals surface area contributed by atoms with Crippen molar-refractivity contribution in [1.29, 1.82) is 0 Å². The molecule has 2 aliphatic rings. The molecule has 2 atom stereocenters. The van der Waals surface area contributed by atoms with Crippen LogP contribution >= 0.6 is 0 Å². The number of fused-ring (bicyclic) bond motifs is 1. The molecule has 2 aromatic rings. The van der Waals surface area contributed by atoms with Gasteiger partial charge < -0.3 is 9.47 Å². The lowest BCUT2D eigenvalue weighted by Crippen LogP contribution is -2.50. The van der Waals surface area contributed by atoms with E-state index in [1.165, 1.54) is 31.2 Å². The third kappa shape index (κ3) is 2.54. The quantitative estimate of drug-likeness (QED) is 0.601. The average Bonchev–Trinajstić information content (AvgIpc) is 2.90. The Labute approximate surface area is 153 Å². The Morgan fingerprint density at radius 2 is 1.89 bits per heavy atom. The molecule has 6 nitrogen and oxygen atoms in total. The molecule has 0 N–H and O–H groups in total. The molecule has 1 spiro atoms. The van der Waals surface area contributed by atoms with Crippen LogP contribution in [0.1, 0.15) is 24.2 Å². The smallest absolute Gasteiger partial charge is 0.303 e. The minimum atomic E-state index is -1.79. The number of nitrogens with zero attached hydrogens (tertiary/aromatic N) is 1. The van der Waals surface area contributed by atoms with Crippen molar-refractivity contribution in [2.75, 3.05) is 6.61 Å². The maximum absolute atomic E-state index is 13.3. The molecule has 0 radical (unpaired) electrons. The van der Waals surface area contributed by atoms with E-state index in [1.54, 1.807) is 24.3 Å². The van der Waals surface area contributed by atoms with Crippen LogP contribution in [-0.2, 0) is 19.1 Å². The Balaban J connectivity index is 1.82. The number of rotatable bonds is 2. The summed E-state index contributed by atoms with van der Waals surface area (Å²) in [6.07, 6.45) is -1.15. The number of carbonyl (C=O) groups excluding carboxylic acids is 3. The second-order valence-electron chi connectivity index (χ2n) is 6.39. The van der Waals surface area contributed by atoms with Crippen LogP contribution in [0.25, 0.3) is 0 Å². The maximum Gasteiger partial charge on any atom is 0.303 e. The van der Waals surface area contributed by atoms with Gasteiger partial charge in [-0.25, -0.2) is 9.38 Å². The molecule has 2 unspecified atom stereocenters. The predicted octanol–water partition coefficient (Wildman–Crippen LogP) is 2.41. The van der Waals surface area contributed by atoms with Gasteiger partial charge in [-0.05, 0) is 30.3 Å². The highest BCUT2D eigenvalue weighted by atomic mass is 19.1. The first kappa shape index (κ1) is 17.1. The second kappa shape index (κ2) is 6.12. The Morgan fingerprint density at radius 3 is 2.59 bits per heavy atom. The van der Waals surface area contributed by atoms with Crippen LogP contribution in [-0.4, -0.2) is 30.0 Å². The molecule has 2 aromatic carbocycles. The number of hydrogen-bond donors (Lipinski definition) is 0. The molecular formula is C20H14FNO5. The first-order valence-electron chi connectivity index (χ1n) is 8.26. The highest BCUT2D eigenvalue weighted by Crippen LogP contribution is 2.49. The van der Waals surface area contributed by atoms with E-state index in [0.29, 0.717) is 16.9 Å². The van der Waals surface area contributed by atoms with Gasteiger partial charge in [-0.15, -0.1) is 0 Å². The summed E-state index contributed by atoms with van der Waals surface area (Å²) in [5.41, 5.74) is -1.15. The number of carbonyl (C=O) groups is 3. The molecule has 0 aromatic heterocycles. The summed E-state index contributed by atoms with van der Waals surface area (Å²) in [7, 11) is 0. The van der Waals surface area contributed by atoms with Gasteiger partial charge in [-0.1, -0.05) is 18.2 Å². The Kier molecular flexibility index (Phi) is 3.87. The van der Waals surface area contributed by atoms with Crippen molar-refractivity contribution < 1.29 is 28.2 Å². The molecule has 0 saturated carbocycles. The van der Waals surface area contributed by atoms with Crippen molar-refractivity contribution in [2.24, 2.45) is 10.4 Å². The van der Waals surface area contributed by atoms with E-state index in [2.05, 4.69) is 4.99 Å². The minimum Gasteiger partial charge on any atom is -0.491 e. The fourth-order valence-corrected chi connectivity index (χ4v) is 3.41. The fourth-order valence-electron chi connectivity index (χ4n) is 3.41. The van der Waals surface area contributed by atoms with Gasteiger partial charge in [0.15, 0.2) is 11.5 Å². The number of halogens is 1. The van der Waals surface area contributed by atoms with E-state index in [1.807, 2.05) is 0 Å². The Hall–Kier alpha value is -3.35. The van der Waals surface area contributed by atoms with Gasteiger partial charge in [-0.3, -0.25) is 14.4 Å². The summed E-state index contributed by atoms with van der Waals surface area (Å²) in [6, 6.07) is 11.8. The second-order valence-corrected chi connectivity index (χ2v) is 6.39. The number of para-hydroxylation sites is 1. The largest absolute Gasteiger partial charge is 0.491 e. The number of Topliss-reactive ketones (excluding diaryl/α,β-unsaturated/α-hetero) is 1. The van der Waals surface area contributed by atoms with Crippen LogP contribution < -0.4 is 4.74 Å². The van der Waals surface area contributed by atoms with Crippen LogP contribution in [0.3, 0.4) is 0 Å². The lowest BCUT2D eigenvalue weighted by Gasteiger charge is -2.37. The van der Waals surface area contributed by atoms with Crippen LogP contribution in [0.4, 0.5) is 4.39 Å². The summed E-state index contributed by atoms with van der Waals surface area (Å²) in [6.45, 7) is 0.908. The van der Waals surface area contributed by atoms with Gasteiger partial charge in [0.1, 0.15) is 23.9 Å². The topological polar surface area (TPSA) is 82.0 Å². The van der Waals surface area contributed by atoms with Crippen molar-refractivity contribution in [3.05, 3.63) is 65.5 Å². The molecule has 0 bridgehead atoms. The van der Waals surface area contributed by atoms with E-state index >= 15 is 0 Å². The predicted molar refractivity (Wildman–Crippen MR) is 91.8 cm³/mol. The first-order chi connectivity index (χ1) is 12.9. The molecular weight excluding hydrogens is 353 g/mol. The maximum atomic E-state index is 13.3.